The number of rotatable bonds is 2. The molecule has 0 amide bonds. The van der Waals surface area contributed by atoms with E-state index in [4.69, 9.17) is 10.3 Å². The van der Waals surface area contributed by atoms with E-state index < -0.39 is 0 Å². The molecule has 0 aromatic carbocycles. The molecule has 0 saturated heterocycles. The molecule has 0 aliphatic heterocycles. The Hall–Kier alpha value is -1.69. The van der Waals surface area contributed by atoms with Crippen molar-refractivity contribution in [2.24, 2.45) is 0 Å². The molecule has 3 rings (SSSR count). The van der Waals surface area contributed by atoms with Crippen LogP contribution in [0.2, 0.25) is 0 Å². The van der Waals surface area contributed by atoms with Crippen molar-refractivity contribution >= 4 is 23.8 Å². The van der Waals surface area contributed by atoms with E-state index in [1.807, 2.05) is 6.92 Å². The van der Waals surface area contributed by atoms with Crippen molar-refractivity contribution in [2.45, 2.75) is 45.6 Å². The Balaban J connectivity index is 0.000000216. The van der Waals surface area contributed by atoms with Gasteiger partial charge in [0.1, 0.15) is 0 Å². The molecule has 1 saturated carbocycles. The van der Waals surface area contributed by atoms with Crippen LogP contribution in [0.15, 0.2) is 21.4 Å². The molecule has 2 aromatic heterocycles. The molecule has 2 heterocycles. The van der Waals surface area contributed by atoms with Gasteiger partial charge in [0, 0.05) is 6.04 Å². The van der Waals surface area contributed by atoms with E-state index in [1.54, 1.807) is 13.1 Å². The molecule has 6 nitrogen and oxygen atoms in total. The molecule has 0 bridgehead atoms. The molecule has 0 radical (unpaired) electrons. The van der Waals surface area contributed by atoms with Crippen molar-refractivity contribution in [2.75, 3.05) is 11.1 Å². The maximum Gasteiger partial charge on any atom is 0.156 e. The normalized spacial score (nSPS) is 14.3. The second-order valence-electron chi connectivity index (χ2n) is 4.76. The van der Waals surface area contributed by atoms with Crippen LogP contribution < -0.4 is 11.1 Å². The van der Waals surface area contributed by atoms with E-state index in [1.165, 1.54) is 31.9 Å². The van der Waals surface area contributed by atoms with Gasteiger partial charge in [-0.05, 0) is 26.7 Å². The standard InChI is InChI=1S/C9H14N2O.C4H6N2O.ClH/c1-7-9(6-10-12-7)11-8-4-2-3-5-8;1-3-4(5)2-6-7-3;/h6,8,11H,2-5H2,1H3;2H,5H2,1H3;1H. The Labute approximate surface area is 124 Å². The highest BCUT2D eigenvalue weighted by Crippen LogP contribution is 2.23. The van der Waals surface area contributed by atoms with E-state index in [-0.39, 0.29) is 12.4 Å². The van der Waals surface area contributed by atoms with Crippen LogP contribution in [-0.2, 0) is 0 Å². The number of aromatic nitrogens is 2. The van der Waals surface area contributed by atoms with Gasteiger partial charge in [0.05, 0.1) is 23.8 Å². The van der Waals surface area contributed by atoms with Gasteiger partial charge in [-0.25, -0.2) is 0 Å². The molecule has 0 atom stereocenters. The van der Waals surface area contributed by atoms with E-state index >= 15 is 0 Å². The third-order valence-corrected chi connectivity index (χ3v) is 3.25. The highest BCUT2D eigenvalue weighted by Gasteiger charge is 2.16. The van der Waals surface area contributed by atoms with Crippen LogP contribution in [0.5, 0.6) is 0 Å². The lowest BCUT2D eigenvalue weighted by Crippen LogP contribution is -2.14. The number of nitrogen functional groups attached to an aromatic ring is 1. The van der Waals surface area contributed by atoms with E-state index in [0.29, 0.717) is 17.5 Å². The fraction of sp³-hybridized carbons (Fsp3) is 0.538. The Morgan fingerprint density at radius 2 is 1.70 bits per heavy atom. The second kappa shape index (κ2) is 7.79. The Morgan fingerprint density at radius 1 is 1.10 bits per heavy atom. The molecule has 1 aliphatic carbocycles. The maximum atomic E-state index is 5.28. The first-order valence-corrected chi connectivity index (χ1v) is 6.51. The summed E-state index contributed by atoms with van der Waals surface area (Å²) in [4.78, 5) is 0. The lowest BCUT2D eigenvalue weighted by Gasteiger charge is -2.10. The van der Waals surface area contributed by atoms with Crippen LogP contribution in [0.4, 0.5) is 11.4 Å². The predicted molar refractivity (Wildman–Crippen MR) is 80.0 cm³/mol. The highest BCUT2D eigenvalue weighted by molar-refractivity contribution is 5.85. The van der Waals surface area contributed by atoms with Crippen molar-refractivity contribution in [3.8, 4) is 0 Å². The lowest BCUT2D eigenvalue weighted by atomic mass is 10.2. The quantitative estimate of drug-likeness (QED) is 0.884. The van der Waals surface area contributed by atoms with E-state index in [0.717, 1.165) is 11.4 Å². The average molecular weight is 301 g/mol. The largest absolute Gasteiger partial charge is 0.395 e. The molecule has 2 aromatic rings. The van der Waals surface area contributed by atoms with Gasteiger partial charge in [-0.3, -0.25) is 0 Å². The molecular formula is C13H21ClN4O2. The van der Waals surface area contributed by atoms with Crippen LogP contribution in [-0.4, -0.2) is 16.4 Å². The third-order valence-electron chi connectivity index (χ3n) is 3.25. The van der Waals surface area contributed by atoms with Crippen LogP contribution >= 0.6 is 12.4 Å². The molecule has 1 fully saturated rings. The smallest absolute Gasteiger partial charge is 0.156 e. The molecule has 1 aliphatic rings. The highest BCUT2D eigenvalue weighted by atomic mass is 35.5. The number of hydrogen-bond acceptors (Lipinski definition) is 6. The fourth-order valence-electron chi connectivity index (χ4n) is 2.03. The molecular weight excluding hydrogens is 280 g/mol. The Bertz CT molecular complexity index is 489. The first-order valence-electron chi connectivity index (χ1n) is 6.51. The van der Waals surface area contributed by atoms with Gasteiger partial charge < -0.3 is 20.1 Å². The van der Waals surface area contributed by atoms with Gasteiger partial charge in [-0.2, -0.15) is 0 Å². The summed E-state index contributed by atoms with van der Waals surface area (Å²) in [6, 6.07) is 0.642. The second-order valence-corrected chi connectivity index (χ2v) is 4.76. The van der Waals surface area contributed by atoms with Crippen molar-refractivity contribution in [3.05, 3.63) is 23.9 Å². The summed E-state index contributed by atoms with van der Waals surface area (Å²) in [5.74, 6) is 1.57. The number of nitrogens with one attached hydrogen (secondary N) is 1. The zero-order valence-corrected chi connectivity index (χ0v) is 12.6. The Kier molecular flexibility index (Phi) is 6.38. The lowest BCUT2D eigenvalue weighted by molar-refractivity contribution is 0.397. The minimum Gasteiger partial charge on any atom is -0.395 e. The Morgan fingerprint density at radius 3 is 2.10 bits per heavy atom. The van der Waals surface area contributed by atoms with E-state index in [2.05, 4.69) is 20.2 Å². The number of nitrogens with two attached hydrogens (primary N) is 1. The number of aryl methyl sites for hydroxylation is 2. The summed E-state index contributed by atoms with van der Waals surface area (Å²) >= 11 is 0. The maximum absolute atomic E-state index is 5.28. The molecule has 0 unspecified atom stereocenters. The third kappa shape index (κ3) is 4.45. The monoisotopic (exact) mass is 300 g/mol. The first kappa shape index (κ1) is 16.4. The topological polar surface area (TPSA) is 90.1 Å². The van der Waals surface area contributed by atoms with Crippen LogP contribution in [0.1, 0.15) is 37.2 Å². The summed E-state index contributed by atoms with van der Waals surface area (Å²) < 4.78 is 9.55. The van der Waals surface area contributed by atoms with Gasteiger partial charge in [0.15, 0.2) is 11.5 Å². The minimum absolute atomic E-state index is 0. The van der Waals surface area contributed by atoms with Crippen molar-refractivity contribution in [3.63, 3.8) is 0 Å². The molecule has 3 N–H and O–H groups in total. The summed E-state index contributed by atoms with van der Waals surface area (Å²) in [7, 11) is 0. The van der Waals surface area contributed by atoms with E-state index in [9.17, 15) is 0 Å². The summed E-state index contributed by atoms with van der Waals surface area (Å²) in [6.07, 6.45) is 8.50. The summed E-state index contributed by atoms with van der Waals surface area (Å²) in [5.41, 5.74) is 6.95. The molecule has 7 heteroatoms. The summed E-state index contributed by atoms with van der Waals surface area (Å²) in [6.45, 7) is 3.70. The minimum atomic E-state index is 0. The van der Waals surface area contributed by atoms with Crippen molar-refractivity contribution < 1.29 is 9.05 Å². The predicted octanol–water partition coefficient (Wildman–Crippen LogP) is 3.32. The van der Waals surface area contributed by atoms with Crippen LogP contribution in [0.25, 0.3) is 0 Å². The molecule has 112 valence electrons. The molecule has 20 heavy (non-hydrogen) atoms. The fourth-order valence-corrected chi connectivity index (χ4v) is 2.03. The first-order chi connectivity index (χ1) is 9.16. The van der Waals surface area contributed by atoms with Gasteiger partial charge >= 0.3 is 0 Å². The number of anilines is 2. The summed E-state index contributed by atoms with van der Waals surface area (Å²) in [5, 5.41) is 10.6. The van der Waals surface area contributed by atoms with Gasteiger partial charge in [0.2, 0.25) is 0 Å². The zero-order valence-electron chi connectivity index (χ0n) is 11.8. The zero-order chi connectivity index (χ0) is 13.7. The molecule has 0 spiro atoms. The van der Waals surface area contributed by atoms with Gasteiger partial charge in [-0.1, -0.05) is 23.2 Å². The van der Waals surface area contributed by atoms with Gasteiger partial charge in [-0.15, -0.1) is 12.4 Å². The number of halogens is 1. The number of nitrogens with zero attached hydrogens (tertiary/aromatic N) is 2. The van der Waals surface area contributed by atoms with Crippen LogP contribution in [0.3, 0.4) is 0 Å². The SMILES string of the molecule is Cc1oncc1N.Cc1oncc1NC1CCCC1.Cl. The van der Waals surface area contributed by atoms with Crippen LogP contribution in [0, 0.1) is 13.8 Å². The van der Waals surface area contributed by atoms with Crippen molar-refractivity contribution in [1.82, 2.24) is 10.3 Å². The average Bonchev–Trinajstić information content (AvgIpc) is 3.09. The number of hydrogen-bond donors (Lipinski definition) is 2. The van der Waals surface area contributed by atoms with Crippen molar-refractivity contribution in [1.29, 1.82) is 0 Å². The van der Waals surface area contributed by atoms with Gasteiger partial charge in [0.25, 0.3) is 0 Å².